The average Bonchev–Trinajstić information content (AvgIpc) is 3.26. The summed E-state index contributed by atoms with van der Waals surface area (Å²) in [5.41, 5.74) is 0.984. The summed E-state index contributed by atoms with van der Waals surface area (Å²) in [5, 5.41) is 6.85. The second-order valence-electron chi connectivity index (χ2n) is 7.38. The Bertz CT molecular complexity index is 1610. The molecule has 0 saturated carbocycles. The maximum Gasteiger partial charge on any atom is 0.264 e. The molecule has 5 rings (SSSR count). The predicted octanol–water partition coefficient (Wildman–Crippen LogP) is 4.08. The first-order chi connectivity index (χ1) is 15.9. The van der Waals surface area contributed by atoms with E-state index in [1.54, 1.807) is 0 Å². The lowest BCUT2D eigenvalue weighted by molar-refractivity contribution is 0.102. The molecule has 0 atom stereocenters. The summed E-state index contributed by atoms with van der Waals surface area (Å²) in [7, 11) is 1.47. The maximum absolute atomic E-state index is 13.9. The molecule has 8 nitrogen and oxygen atoms in total. The van der Waals surface area contributed by atoms with Crippen molar-refractivity contribution < 1.29 is 13.6 Å². The smallest absolute Gasteiger partial charge is 0.264 e. The van der Waals surface area contributed by atoms with E-state index in [2.05, 4.69) is 25.6 Å². The largest absolute Gasteiger partial charge is 0.361 e. The Morgan fingerprint density at radius 1 is 1.06 bits per heavy atom. The quantitative estimate of drug-likeness (QED) is 0.386. The van der Waals surface area contributed by atoms with Gasteiger partial charge in [0.2, 0.25) is 5.95 Å². The third kappa shape index (κ3) is 3.78. The van der Waals surface area contributed by atoms with Crippen molar-refractivity contribution in [2.24, 2.45) is 7.05 Å². The summed E-state index contributed by atoms with van der Waals surface area (Å²) in [6.07, 6.45) is 3.32. The Hall–Kier alpha value is -4.60. The fourth-order valence-corrected chi connectivity index (χ4v) is 3.51. The molecule has 3 N–H and O–H groups in total. The van der Waals surface area contributed by atoms with Crippen molar-refractivity contribution in [2.45, 2.75) is 0 Å². The highest BCUT2D eigenvalue weighted by Crippen LogP contribution is 2.21. The van der Waals surface area contributed by atoms with Crippen LogP contribution in [-0.2, 0) is 7.05 Å². The van der Waals surface area contributed by atoms with Crippen LogP contribution in [0.4, 0.5) is 26.1 Å². The van der Waals surface area contributed by atoms with Gasteiger partial charge in [-0.2, -0.15) is 4.98 Å². The van der Waals surface area contributed by atoms with Crippen molar-refractivity contribution in [1.29, 1.82) is 0 Å². The van der Waals surface area contributed by atoms with Crippen molar-refractivity contribution in [3.8, 4) is 0 Å². The minimum atomic E-state index is -0.946. The molecule has 0 aliphatic rings. The van der Waals surface area contributed by atoms with E-state index in [0.717, 1.165) is 28.7 Å². The zero-order valence-electron chi connectivity index (χ0n) is 17.2. The van der Waals surface area contributed by atoms with Gasteiger partial charge in [0.15, 0.2) is 0 Å². The Balaban J connectivity index is 1.47. The second kappa shape index (κ2) is 7.83. The van der Waals surface area contributed by atoms with Crippen LogP contribution < -0.4 is 16.2 Å². The lowest BCUT2D eigenvalue weighted by atomic mass is 10.2. The number of nitrogens with zero attached hydrogens (tertiary/aromatic N) is 3. The minimum Gasteiger partial charge on any atom is -0.361 e. The molecule has 2 aromatic carbocycles. The molecular weight excluding hydrogens is 430 g/mol. The van der Waals surface area contributed by atoms with Crippen molar-refractivity contribution >= 4 is 45.2 Å². The fourth-order valence-electron chi connectivity index (χ4n) is 3.51. The third-order valence-corrected chi connectivity index (χ3v) is 5.18. The number of amides is 1. The highest BCUT2D eigenvalue weighted by molar-refractivity contribution is 6.05. The summed E-state index contributed by atoms with van der Waals surface area (Å²) in [4.78, 5) is 37.2. The first-order valence-electron chi connectivity index (χ1n) is 9.86. The van der Waals surface area contributed by atoms with E-state index in [4.69, 9.17) is 0 Å². The van der Waals surface area contributed by atoms with Crippen molar-refractivity contribution in [2.75, 3.05) is 10.6 Å². The van der Waals surface area contributed by atoms with E-state index < -0.39 is 23.1 Å². The first kappa shape index (κ1) is 20.3. The molecular formula is C23H16F2N6O2. The minimum absolute atomic E-state index is 0.226. The van der Waals surface area contributed by atoms with Crippen LogP contribution in [0.25, 0.3) is 21.9 Å². The molecule has 0 spiro atoms. The molecule has 10 heteroatoms. The normalized spacial score (nSPS) is 11.1. The van der Waals surface area contributed by atoms with E-state index in [9.17, 15) is 18.4 Å². The Labute approximate surface area is 184 Å². The number of nitrogens with one attached hydrogen (secondary N) is 3. The van der Waals surface area contributed by atoms with E-state index in [1.807, 2.05) is 30.5 Å². The number of fused-ring (bicyclic) bond motifs is 2. The van der Waals surface area contributed by atoms with Gasteiger partial charge >= 0.3 is 0 Å². The summed E-state index contributed by atoms with van der Waals surface area (Å²) in [5.74, 6) is -2.28. The SMILES string of the molecule is Cn1c(=O)c(C(=O)Nc2ccc(F)cc2F)cc2cnc(Nc3ccc4[nH]ccc4c3)nc21. The van der Waals surface area contributed by atoms with Crippen LogP contribution in [0.2, 0.25) is 0 Å². The number of aryl methyl sites for hydroxylation is 1. The highest BCUT2D eigenvalue weighted by atomic mass is 19.1. The average molecular weight is 446 g/mol. The number of halogens is 2. The number of hydrogen-bond donors (Lipinski definition) is 3. The van der Waals surface area contributed by atoms with Gasteiger partial charge in [-0.15, -0.1) is 0 Å². The number of H-pyrrole nitrogens is 1. The van der Waals surface area contributed by atoms with Crippen LogP contribution in [0.1, 0.15) is 10.4 Å². The Kier molecular flexibility index (Phi) is 4.82. The Morgan fingerprint density at radius 3 is 2.73 bits per heavy atom. The highest BCUT2D eigenvalue weighted by Gasteiger charge is 2.17. The molecule has 0 fully saturated rings. The maximum atomic E-state index is 13.9. The Morgan fingerprint density at radius 2 is 1.91 bits per heavy atom. The predicted molar refractivity (Wildman–Crippen MR) is 121 cm³/mol. The van der Waals surface area contributed by atoms with Crippen LogP contribution in [0.15, 0.2) is 65.7 Å². The van der Waals surface area contributed by atoms with E-state index >= 15 is 0 Å². The zero-order chi connectivity index (χ0) is 23.1. The molecule has 3 heterocycles. The third-order valence-electron chi connectivity index (χ3n) is 5.18. The first-order valence-corrected chi connectivity index (χ1v) is 9.86. The molecule has 33 heavy (non-hydrogen) atoms. The molecule has 0 aliphatic heterocycles. The van der Waals surface area contributed by atoms with E-state index in [1.165, 1.54) is 23.9 Å². The van der Waals surface area contributed by atoms with Gasteiger partial charge in [-0.25, -0.2) is 13.8 Å². The number of anilines is 3. The molecule has 0 saturated heterocycles. The molecule has 5 aromatic rings. The number of pyridine rings is 1. The van der Waals surface area contributed by atoms with Gasteiger partial charge in [0, 0.05) is 47.5 Å². The van der Waals surface area contributed by atoms with Gasteiger partial charge in [-0.1, -0.05) is 0 Å². The fraction of sp³-hybridized carbons (Fsp3) is 0.0435. The van der Waals surface area contributed by atoms with Crippen molar-refractivity contribution in [3.63, 3.8) is 0 Å². The molecule has 0 radical (unpaired) electrons. The van der Waals surface area contributed by atoms with Crippen LogP contribution in [0.3, 0.4) is 0 Å². The monoisotopic (exact) mass is 446 g/mol. The molecule has 1 amide bonds. The van der Waals surface area contributed by atoms with Crippen molar-refractivity contribution in [3.05, 3.63) is 88.5 Å². The van der Waals surface area contributed by atoms with Gasteiger partial charge in [-0.05, 0) is 42.5 Å². The number of hydrogen-bond acceptors (Lipinski definition) is 5. The lowest BCUT2D eigenvalue weighted by Crippen LogP contribution is -2.28. The van der Waals surface area contributed by atoms with Crippen molar-refractivity contribution in [1.82, 2.24) is 19.5 Å². The molecule has 0 aliphatic carbocycles. The molecule has 0 bridgehead atoms. The lowest BCUT2D eigenvalue weighted by Gasteiger charge is -2.11. The topological polar surface area (TPSA) is 105 Å². The molecule has 0 unspecified atom stereocenters. The number of benzene rings is 2. The summed E-state index contributed by atoms with van der Waals surface area (Å²) in [6.45, 7) is 0. The molecule has 3 aromatic heterocycles. The van der Waals surface area contributed by atoms with Gasteiger partial charge in [0.25, 0.3) is 11.5 Å². The van der Waals surface area contributed by atoms with Gasteiger partial charge in [-0.3, -0.25) is 14.2 Å². The van der Waals surface area contributed by atoms with Gasteiger partial charge in [0.1, 0.15) is 22.8 Å². The second-order valence-corrected chi connectivity index (χ2v) is 7.38. The summed E-state index contributed by atoms with van der Waals surface area (Å²) < 4.78 is 28.2. The number of aromatic amines is 1. The standard InChI is InChI=1S/C23H16F2N6O2/c1-31-20-13(9-16(22(31)33)21(32)29-19-4-2-14(24)10-17(19)25)11-27-23(30-20)28-15-3-5-18-12(8-15)6-7-26-18/h2-11,26H,1H3,(H,29,32)(H,27,28,30). The van der Waals surface area contributed by atoms with Crippen LogP contribution in [0, 0.1) is 11.6 Å². The molecule has 164 valence electrons. The number of aromatic nitrogens is 4. The van der Waals surface area contributed by atoms with Gasteiger partial charge < -0.3 is 15.6 Å². The number of carbonyl (C=O) groups is 1. The van der Waals surface area contributed by atoms with Gasteiger partial charge in [0.05, 0.1) is 5.69 Å². The van der Waals surface area contributed by atoms with Crippen LogP contribution >= 0.6 is 0 Å². The van der Waals surface area contributed by atoms with E-state index in [-0.39, 0.29) is 17.2 Å². The summed E-state index contributed by atoms with van der Waals surface area (Å²) >= 11 is 0. The zero-order valence-corrected chi connectivity index (χ0v) is 17.2. The number of carbonyl (C=O) groups excluding carboxylic acids is 1. The van der Waals surface area contributed by atoms with E-state index in [0.29, 0.717) is 17.1 Å². The summed E-state index contributed by atoms with van der Waals surface area (Å²) in [6, 6.07) is 11.7. The van der Waals surface area contributed by atoms with Crippen LogP contribution in [-0.4, -0.2) is 25.4 Å². The van der Waals surface area contributed by atoms with Crippen LogP contribution in [0.5, 0.6) is 0 Å². The number of rotatable bonds is 4.